The fourth-order valence-corrected chi connectivity index (χ4v) is 2.02. The minimum Gasteiger partial charge on any atom is -0.462 e. The molecule has 1 aliphatic rings. The number of esters is 1. The molecular formula is C12H14F3N3O2. The van der Waals surface area contributed by atoms with Crippen LogP contribution in [0.3, 0.4) is 0 Å². The molecule has 2 rings (SSSR count). The van der Waals surface area contributed by atoms with Crippen molar-refractivity contribution in [3.63, 3.8) is 0 Å². The van der Waals surface area contributed by atoms with Gasteiger partial charge < -0.3 is 9.64 Å². The van der Waals surface area contributed by atoms with Crippen LogP contribution in [0.2, 0.25) is 0 Å². The van der Waals surface area contributed by atoms with Gasteiger partial charge in [0.05, 0.1) is 6.61 Å². The van der Waals surface area contributed by atoms with Crippen molar-refractivity contribution in [2.24, 2.45) is 0 Å². The molecule has 0 aliphatic carbocycles. The van der Waals surface area contributed by atoms with Gasteiger partial charge in [0, 0.05) is 19.3 Å². The Kier molecular flexibility index (Phi) is 4.10. The molecule has 0 bridgehead atoms. The van der Waals surface area contributed by atoms with E-state index in [1.807, 2.05) is 0 Å². The molecule has 8 heteroatoms. The molecule has 1 aliphatic heterocycles. The minimum absolute atomic E-state index is 0.00266. The van der Waals surface area contributed by atoms with E-state index in [1.54, 1.807) is 4.90 Å². The van der Waals surface area contributed by atoms with Gasteiger partial charge in [-0.25, -0.2) is 14.8 Å². The van der Waals surface area contributed by atoms with Gasteiger partial charge in [-0.15, -0.1) is 0 Å². The average molecular weight is 289 g/mol. The largest absolute Gasteiger partial charge is 0.462 e. The second-order valence-electron chi connectivity index (χ2n) is 4.34. The lowest BCUT2D eigenvalue weighted by atomic mass is 10.2. The van der Waals surface area contributed by atoms with E-state index in [-0.39, 0.29) is 12.6 Å². The number of anilines is 1. The zero-order valence-electron chi connectivity index (χ0n) is 10.9. The third-order valence-electron chi connectivity index (χ3n) is 2.93. The van der Waals surface area contributed by atoms with Crippen LogP contribution < -0.4 is 4.90 Å². The zero-order valence-corrected chi connectivity index (χ0v) is 10.9. The lowest BCUT2D eigenvalue weighted by molar-refractivity contribution is -0.141. The van der Waals surface area contributed by atoms with Gasteiger partial charge >= 0.3 is 12.1 Å². The molecule has 0 radical (unpaired) electrons. The number of aromatic nitrogens is 2. The Morgan fingerprint density at radius 2 is 2.05 bits per heavy atom. The van der Waals surface area contributed by atoms with E-state index in [4.69, 9.17) is 0 Å². The maximum absolute atomic E-state index is 13.0. The molecule has 1 saturated heterocycles. The maximum Gasteiger partial charge on any atom is 0.434 e. The molecule has 0 amide bonds. The highest BCUT2D eigenvalue weighted by atomic mass is 19.4. The van der Waals surface area contributed by atoms with Crippen molar-refractivity contribution in [2.45, 2.75) is 25.9 Å². The number of rotatable bonds is 3. The van der Waals surface area contributed by atoms with Gasteiger partial charge in [0.15, 0.2) is 5.69 Å². The molecular weight excluding hydrogens is 275 g/mol. The van der Waals surface area contributed by atoms with E-state index >= 15 is 0 Å². The first kappa shape index (κ1) is 14.5. The van der Waals surface area contributed by atoms with E-state index in [9.17, 15) is 18.0 Å². The monoisotopic (exact) mass is 289 g/mol. The molecule has 110 valence electrons. The number of carbonyl (C=O) groups excluding carboxylic acids is 1. The summed E-state index contributed by atoms with van der Waals surface area (Å²) in [5.74, 6) is -1.06. The van der Waals surface area contributed by atoms with Crippen molar-refractivity contribution in [3.8, 4) is 0 Å². The third-order valence-corrected chi connectivity index (χ3v) is 2.93. The first-order valence-electron chi connectivity index (χ1n) is 6.29. The zero-order chi connectivity index (χ0) is 14.8. The van der Waals surface area contributed by atoms with Crippen molar-refractivity contribution < 1.29 is 22.7 Å². The topological polar surface area (TPSA) is 55.3 Å². The highest BCUT2D eigenvalue weighted by Gasteiger charge is 2.39. The highest BCUT2D eigenvalue weighted by Crippen LogP contribution is 2.32. The van der Waals surface area contributed by atoms with Gasteiger partial charge in [-0.3, -0.25) is 0 Å². The number of hydrogen-bond acceptors (Lipinski definition) is 5. The second kappa shape index (κ2) is 5.64. The fourth-order valence-electron chi connectivity index (χ4n) is 2.02. The number of alkyl halides is 3. The van der Waals surface area contributed by atoms with Crippen molar-refractivity contribution in [1.29, 1.82) is 0 Å². The van der Waals surface area contributed by atoms with Gasteiger partial charge in [0.1, 0.15) is 5.56 Å². The Morgan fingerprint density at radius 1 is 1.40 bits per heavy atom. The summed E-state index contributed by atoms with van der Waals surface area (Å²) in [4.78, 5) is 20.6. The van der Waals surface area contributed by atoms with Crippen LogP contribution in [0.25, 0.3) is 0 Å². The Morgan fingerprint density at radius 3 is 2.60 bits per heavy atom. The summed E-state index contributed by atoms with van der Waals surface area (Å²) in [6, 6.07) is 0. The summed E-state index contributed by atoms with van der Waals surface area (Å²) < 4.78 is 43.6. The first-order valence-corrected chi connectivity index (χ1v) is 6.29. The standard InChI is InChI=1S/C12H14F3N3O2/c1-2-20-10(19)8-7-16-11(18-5-3-4-6-18)17-9(8)12(13,14)15/h7H,2-6H2,1H3. The quantitative estimate of drug-likeness (QED) is 0.799. The van der Waals surface area contributed by atoms with Crippen molar-refractivity contribution in [1.82, 2.24) is 9.97 Å². The predicted molar refractivity (Wildman–Crippen MR) is 64.4 cm³/mol. The number of hydrogen-bond donors (Lipinski definition) is 0. The van der Waals surface area contributed by atoms with Crippen LogP contribution in [-0.4, -0.2) is 35.6 Å². The summed E-state index contributed by atoms with van der Waals surface area (Å²) in [7, 11) is 0. The Bertz CT molecular complexity index is 499. The van der Waals surface area contributed by atoms with Crippen LogP contribution in [0, 0.1) is 0 Å². The van der Waals surface area contributed by atoms with Crippen LogP contribution in [0.4, 0.5) is 19.1 Å². The third kappa shape index (κ3) is 3.00. The molecule has 0 atom stereocenters. The molecule has 0 N–H and O–H groups in total. The number of carbonyl (C=O) groups is 1. The van der Waals surface area contributed by atoms with Gasteiger partial charge in [-0.2, -0.15) is 13.2 Å². The molecule has 5 nitrogen and oxygen atoms in total. The summed E-state index contributed by atoms with van der Waals surface area (Å²) in [5, 5.41) is 0. The highest BCUT2D eigenvalue weighted by molar-refractivity contribution is 5.90. The van der Waals surface area contributed by atoms with E-state index < -0.39 is 23.4 Å². The molecule has 0 spiro atoms. The van der Waals surface area contributed by atoms with Crippen LogP contribution in [-0.2, 0) is 10.9 Å². The fraction of sp³-hybridized carbons (Fsp3) is 0.583. The maximum atomic E-state index is 13.0. The SMILES string of the molecule is CCOC(=O)c1cnc(N2CCCC2)nc1C(F)(F)F. The van der Waals surface area contributed by atoms with E-state index in [0.29, 0.717) is 13.1 Å². The number of halogens is 3. The van der Waals surface area contributed by atoms with Crippen LogP contribution in [0.5, 0.6) is 0 Å². The number of ether oxygens (including phenoxy) is 1. The molecule has 0 saturated carbocycles. The molecule has 20 heavy (non-hydrogen) atoms. The Balaban J connectivity index is 2.40. The Hall–Kier alpha value is -1.86. The summed E-state index contributed by atoms with van der Waals surface area (Å²) >= 11 is 0. The lowest BCUT2D eigenvalue weighted by Gasteiger charge is -2.17. The predicted octanol–water partition coefficient (Wildman–Crippen LogP) is 2.27. The van der Waals surface area contributed by atoms with Crippen molar-refractivity contribution in [2.75, 3.05) is 24.6 Å². The molecule has 2 heterocycles. The molecule has 0 unspecified atom stereocenters. The van der Waals surface area contributed by atoms with E-state index in [1.165, 1.54) is 6.92 Å². The van der Waals surface area contributed by atoms with E-state index in [2.05, 4.69) is 14.7 Å². The van der Waals surface area contributed by atoms with Crippen LogP contribution in [0.15, 0.2) is 6.20 Å². The molecule has 0 aromatic carbocycles. The molecule has 1 fully saturated rings. The van der Waals surface area contributed by atoms with Crippen molar-refractivity contribution in [3.05, 3.63) is 17.5 Å². The first-order chi connectivity index (χ1) is 9.43. The smallest absolute Gasteiger partial charge is 0.434 e. The lowest BCUT2D eigenvalue weighted by Crippen LogP contribution is -2.24. The molecule has 1 aromatic heterocycles. The Labute approximate surface area is 113 Å². The number of nitrogens with zero attached hydrogens (tertiary/aromatic N) is 3. The molecule has 1 aromatic rings. The van der Waals surface area contributed by atoms with Gasteiger partial charge in [0.2, 0.25) is 5.95 Å². The summed E-state index contributed by atoms with van der Waals surface area (Å²) in [5.41, 5.74) is -1.89. The van der Waals surface area contributed by atoms with Crippen LogP contribution >= 0.6 is 0 Å². The minimum atomic E-state index is -4.72. The van der Waals surface area contributed by atoms with Gasteiger partial charge in [0.25, 0.3) is 0 Å². The summed E-state index contributed by atoms with van der Waals surface area (Å²) in [6.45, 7) is 2.75. The van der Waals surface area contributed by atoms with E-state index in [0.717, 1.165) is 19.0 Å². The normalized spacial score (nSPS) is 15.5. The second-order valence-corrected chi connectivity index (χ2v) is 4.34. The van der Waals surface area contributed by atoms with Gasteiger partial charge in [-0.1, -0.05) is 0 Å². The van der Waals surface area contributed by atoms with Crippen molar-refractivity contribution >= 4 is 11.9 Å². The van der Waals surface area contributed by atoms with Gasteiger partial charge in [-0.05, 0) is 19.8 Å². The average Bonchev–Trinajstić information content (AvgIpc) is 2.91. The van der Waals surface area contributed by atoms with Crippen LogP contribution in [0.1, 0.15) is 35.8 Å². The summed E-state index contributed by atoms with van der Waals surface area (Å²) in [6.07, 6.45) is -2.05.